The number of nitrogens with zero attached hydrogens (tertiary/aromatic N) is 1. The minimum absolute atomic E-state index is 0.0752. The van der Waals surface area contributed by atoms with Crippen LogP contribution in [-0.2, 0) is 0 Å². The van der Waals surface area contributed by atoms with Gasteiger partial charge in [-0.2, -0.15) is 0 Å². The van der Waals surface area contributed by atoms with Gasteiger partial charge in [0.2, 0.25) is 0 Å². The minimum Gasteiger partial charge on any atom is -0.508 e. The lowest BCUT2D eigenvalue weighted by Crippen LogP contribution is -2.29. The van der Waals surface area contributed by atoms with Crippen LogP contribution >= 0.6 is 0 Å². The first-order chi connectivity index (χ1) is 11.5. The van der Waals surface area contributed by atoms with Gasteiger partial charge in [-0.3, -0.25) is 4.79 Å². The predicted octanol–water partition coefficient (Wildman–Crippen LogP) is 4.08. The molecule has 0 aliphatic heterocycles. The molecule has 3 aromatic carbocycles. The highest BCUT2D eigenvalue weighted by atomic mass is 16.3. The largest absolute Gasteiger partial charge is 0.508 e. The second-order valence-corrected chi connectivity index (χ2v) is 5.86. The number of amides is 1. The van der Waals surface area contributed by atoms with E-state index in [9.17, 15) is 15.0 Å². The summed E-state index contributed by atoms with van der Waals surface area (Å²) in [5.74, 6) is -0.598. The predicted molar refractivity (Wildman–Crippen MR) is 94.2 cm³/mol. The highest BCUT2D eigenvalue weighted by Crippen LogP contribution is 2.30. The topological polar surface area (TPSA) is 60.8 Å². The van der Waals surface area contributed by atoms with Crippen molar-refractivity contribution in [1.29, 1.82) is 0 Å². The Morgan fingerprint density at radius 3 is 2.46 bits per heavy atom. The molecule has 1 amide bonds. The molecule has 1 unspecified atom stereocenters. The molecule has 0 radical (unpaired) electrons. The fourth-order valence-electron chi connectivity index (χ4n) is 2.89. The lowest BCUT2D eigenvalue weighted by molar-refractivity contribution is 0.0740. The summed E-state index contributed by atoms with van der Waals surface area (Å²) < 4.78 is 0. The maximum atomic E-state index is 12.7. The summed E-state index contributed by atoms with van der Waals surface area (Å²) in [6.45, 7) is 1.96. The average molecular weight is 321 g/mol. The van der Waals surface area contributed by atoms with Crippen molar-refractivity contribution in [3.8, 4) is 11.5 Å². The van der Waals surface area contributed by atoms with Crippen LogP contribution in [0.5, 0.6) is 11.5 Å². The van der Waals surface area contributed by atoms with Crippen LogP contribution in [0.3, 0.4) is 0 Å². The Labute approximate surface area is 140 Å². The molecule has 0 aliphatic carbocycles. The number of carbonyl (C=O) groups excluding carboxylic acids is 1. The third-order valence-corrected chi connectivity index (χ3v) is 4.39. The van der Waals surface area contributed by atoms with Gasteiger partial charge in [-0.25, -0.2) is 0 Å². The third kappa shape index (κ3) is 2.78. The summed E-state index contributed by atoms with van der Waals surface area (Å²) in [6, 6.07) is 17.9. The molecule has 122 valence electrons. The summed E-state index contributed by atoms with van der Waals surface area (Å²) in [6.07, 6.45) is 0. The summed E-state index contributed by atoms with van der Waals surface area (Å²) >= 11 is 0. The van der Waals surface area contributed by atoms with Crippen molar-refractivity contribution in [3.05, 3.63) is 71.8 Å². The molecule has 24 heavy (non-hydrogen) atoms. The van der Waals surface area contributed by atoms with Crippen molar-refractivity contribution in [1.82, 2.24) is 4.90 Å². The molecule has 0 heterocycles. The number of hydrogen-bond acceptors (Lipinski definition) is 3. The molecule has 4 heteroatoms. The third-order valence-electron chi connectivity index (χ3n) is 4.39. The zero-order valence-electron chi connectivity index (χ0n) is 13.6. The van der Waals surface area contributed by atoms with Gasteiger partial charge < -0.3 is 15.1 Å². The van der Waals surface area contributed by atoms with Crippen LogP contribution in [0.4, 0.5) is 0 Å². The first-order valence-electron chi connectivity index (χ1n) is 7.76. The Kier molecular flexibility index (Phi) is 4.13. The number of benzene rings is 3. The lowest BCUT2D eigenvalue weighted by Gasteiger charge is -2.26. The molecule has 3 rings (SSSR count). The molecular weight excluding hydrogens is 302 g/mol. The van der Waals surface area contributed by atoms with E-state index < -0.39 is 0 Å². The summed E-state index contributed by atoms with van der Waals surface area (Å²) in [5.41, 5.74) is 1.21. The van der Waals surface area contributed by atoms with Crippen LogP contribution in [0, 0.1) is 0 Å². The van der Waals surface area contributed by atoms with E-state index in [2.05, 4.69) is 0 Å². The van der Waals surface area contributed by atoms with E-state index in [0.29, 0.717) is 0 Å². The molecule has 4 nitrogen and oxygen atoms in total. The van der Waals surface area contributed by atoms with E-state index in [1.165, 1.54) is 18.2 Å². The van der Waals surface area contributed by atoms with E-state index in [4.69, 9.17) is 0 Å². The van der Waals surface area contributed by atoms with Crippen molar-refractivity contribution in [3.63, 3.8) is 0 Å². The number of hydrogen-bond donors (Lipinski definition) is 2. The number of carbonyl (C=O) groups is 1. The Morgan fingerprint density at radius 1 is 1.00 bits per heavy atom. The van der Waals surface area contributed by atoms with Gasteiger partial charge in [0.05, 0.1) is 11.6 Å². The van der Waals surface area contributed by atoms with Gasteiger partial charge in [-0.15, -0.1) is 0 Å². The van der Waals surface area contributed by atoms with Crippen molar-refractivity contribution >= 4 is 16.7 Å². The van der Waals surface area contributed by atoms with Crippen LogP contribution in [0.2, 0.25) is 0 Å². The fraction of sp³-hybridized carbons (Fsp3) is 0.150. The molecule has 0 aliphatic rings. The second-order valence-electron chi connectivity index (χ2n) is 5.86. The van der Waals surface area contributed by atoms with Gasteiger partial charge in [0.15, 0.2) is 0 Å². The normalized spacial score (nSPS) is 12.1. The van der Waals surface area contributed by atoms with Crippen LogP contribution in [0.1, 0.15) is 28.9 Å². The summed E-state index contributed by atoms with van der Waals surface area (Å²) in [5, 5.41) is 21.5. The van der Waals surface area contributed by atoms with E-state index >= 15 is 0 Å². The van der Waals surface area contributed by atoms with E-state index in [-0.39, 0.29) is 29.0 Å². The van der Waals surface area contributed by atoms with Gasteiger partial charge >= 0.3 is 0 Å². The highest BCUT2D eigenvalue weighted by Gasteiger charge is 2.22. The molecule has 0 bridgehead atoms. The summed E-state index contributed by atoms with van der Waals surface area (Å²) in [4.78, 5) is 14.3. The number of phenols is 2. The standard InChI is InChI=1S/C20H19NO3/c1-13(16-9-5-7-14-6-3-4-8-17(14)16)21(2)20(24)18-11-10-15(22)12-19(18)23/h3-13,22-23H,1-2H3. The number of phenolic OH excluding ortho intramolecular Hbond substituents is 2. The van der Waals surface area contributed by atoms with Gasteiger partial charge in [0.25, 0.3) is 5.91 Å². The quantitative estimate of drug-likeness (QED) is 0.764. The SMILES string of the molecule is CC(c1cccc2ccccc12)N(C)C(=O)c1ccc(O)cc1O. The molecule has 0 saturated heterocycles. The van der Waals surface area contributed by atoms with Gasteiger partial charge in [0, 0.05) is 13.1 Å². The molecule has 0 aromatic heterocycles. The number of fused-ring (bicyclic) bond motifs is 1. The zero-order valence-corrected chi connectivity index (χ0v) is 13.6. The maximum absolute atomic E-state index is 12.7. The molecule has 2 N–H and O–H groups in total. The summed E-state index contributed by atoms with van der Waals surface area (Å²) in [7, 11) is 1.71. The van der Waals surface area contributed by atoms with Crippen LogP contribution in [0.25, 0.3) is 10.8 Å². The number of rotatable bonds is 3. The first-order valence-corrected chi connectivity index (χ1v) is 7.76. The monoisotopic (exact) mass is 321 g/mol. The lowest BCUT2D eigenvalue weighted by atomic mass is 9.98. The Bertz CT molecular complexity index is 899. The Morgan fingerprint density at radius 2 is 1.71 bits per heavy atom. The Balaban J connectivity index is 1.96. The Hall–Kier alpha value is -3.01. The van der Waals surface area contributed by atoms with Crippen molar-refractivity contribution in [2.24, 2.45) is 0 Å². The van der Waals surface area contributed by atoms with E-state index in [0.717, 1.165) is 16.3 Å². The van der Waals surface area contributed by atoms with Crippen molar-refractivity contribution in [2.75, 3.05) is 7.05 Å². The van der Waals surface area contributed by atoms with Crippen LogP contribution in [0.15, 0.2) is 60.7 Å². The second kappa shape index (κ2) is 6.24. The van der Waals surface area contributed by atoms with Crippen LogP contribution < -0.4 is 0 Å². The average Bonchev–Trinajstić information content (AvgIpc) is 2.59. The molecule has 0 fully saturated rings. The van der Waals surface area contributed by atoms with E-state index in [1.807, 2.05) is 49.4 Å². The molecule has 3 aromatic rings. The maximum Gasteiger partial charge on any atom is 0.257 e. The number of aromatic hydroxyl groups is 2. The van der Waals surface area contributed by atoms with E-state index in [1.54, 1.807) is 11.9 Å². The van der Waals surface area contributed by atoms with Crippen LogP contribution in [-0.4, -0.2) is 28.1 Å². The van der Waals surface area contributed by atoms with Gasteiger partial charge in [-0.05, 0) is 35.4 Å². The molecule has 0 spiro atoms. The van der Waals surface area contributed by atoms with Gasteiger partial charge in [-0.1, -0.05) is 42.5 Å². The molecule has 0 saturated carbocycles. The molecular formula is C20H19NO3. The smallest absolute Gasteiger partial charge is 0.257 e. The van der Waals surface area contributed by atoms with Gasteiger partial charge in [0.1, 0.15) is 11.5 Å². The van der Waals surface area contributed by atoms with Crippen molar-refractivity contribution in [2.45, 2.75) is 13.0 Å². The molecule has 1 atom stereocenters. The minimum atomic E-state index is -0.298. The van der Waals surface area contributed by atoms with Crippen molar-refractivity contribution < 1.29 is 15.0 Å². The fourth-order valence-corrected chi connectivity index (χ4v) is 2.89. The highest BCUT2D eigenvalue weighted by molar-refractivity contribution is 5.97. The first kappa shape index (κ1) is 15.9. The zero-order chi connectivity index (χ0) is 17.3.